The molecular weight excluding hydrogens is 488 g/mol. The van der Waals surface area contributed by atoms with Crippen LogP contribution in [0.2, 0.25) is 0 Å². The molecule has 0 spiro atoms. The number of ether oxygens (including phenoxy) is 2. The molecule has 0 fully saturated rings. The summed E-state index contributed by atoms with van der Waals surface area (Å²) >= 11 is 1.60. The number of aromatic nitrogens is 1. The molecule has 0 bridgehead atoms. The Bertz CT molecular complexity index is 1560. The number of nitrogens with zero attached hydrogens (tertiary/aromatic N) is 1. The predicted molar refractivity (Wildman–Crippen MR) is 142 cm³/mol. The molecule has 1 unspecified atom stereocenters. The number of carbonyl (C=O) groups is 2. The molecule has 0 aliphatic carbocycles. The van der Waals surface area contributed by atoms with E-state index in [9.17, 15) is 9.59 Å². The number of aromatic carboxylic acids is 1. The van der Waals surface area contributed by atoms with Crippen LogP contribution in [-0.4, -0.2) is 40.2 Å². The Kier molecular flexibility index (Phi) is 5.88. The summed E-state index contributed by atoms with van der Waals surface area (Å²) in [5, 5.41) is 10.1. The van der Waals surface area contributed by atoms with Gasteiger partial charge in [-0.3, -0.25) is 4.79 Å². The summed E-state index contributed by atoms with van der Waals surface area (Å²) in [6.07, 6.45) is 4.03. The summed E-state index contributed by atoms with van der Waals surface area (Å²) in [5.41, 5.74) is 5.52. The molecule has 2 aliphatic heterocycles. The first kappa shape index (κ1) is 23.2. The lowest BCUT2D eigenvalue weighted by Crippen LogP contribution is -2.37. The average molecular weight is 513 g/mol. The van der Waals surface area contributed by atoms with Gasteiger partial charge < -0.3 is 24.5 Å². The van der Waals surface area contributed by atoms with Gasteiger partial charge in [-0.2, -0.15) is 0 Å². The van der Waals surface area contributed by atoms with Crippen LogP contribution in [0.4, 0.5) is 0 Å². The van der Waals surface area contributed by atoms with Gasteiger partial charge in [0.1, 0.15) is 5.37 Å². The van der Waals surface area contributed by atoms with Crippen LogP contribution in [-0.2, 0) is 11.2 Å². The maximum Gasteiger partial charge on any atom is 0.335 e. The number of aryl methyl sites for hydroxylation is 1. The summed E-state index contributed by atoms with van der Waals surface area (Å²) in [6.45, 7) is 2.88. The molecule has 3 heterocycles. The molecule has 1 aromatic heterocycles. The van der Waals surface area contributed by atoms with E-state index in [1.165, 1.54) is 28.6 Å². The summed E-state index contributed by atoms with van der Waals surface area (Å²) in [5.74, 6) is 0.338. The number of rotatable bonds is 5. The lowest BCUT2D eigenvalue weighted by molar-refractivity contribution is -0.127. The molecule has 2 aliphatic rings. The quantitative estimate of drug-likeness (QED) is 0.329. The van der Waals surface area contributed by atoms with Gasteiger partial charge in [-0.15, -0.1) is 0 Å². The second kappa shape index (κ2) is 9.37. The van der Waals surface area contributed by atoms with Gasteiger partial charge in [-0.1, -0.05) is 42.1 Å². The number of aromatic amines is 1. The number of para-hydroxylation sites is 1. The van der Waals surface area contributed by atoms with Crippen molar-refractivity contribution < 1.29 is 24.2 Å². The van der Waals surface area contributed by atoms with Crippen LogP contribution in [0.1, 0.15) is 38.1 Å². The van der Waals surface area contributed by atoms with Crippen molar-refractivity contribution in [3.8, 4) is 11.5 Å². The SMILES string of the molecule is Cc1cccc2c3c([nH]c12)C(Sc1ccc2c(c1)OCO2)N(C(=O)/C=C/c1ccc(C(=O)O)cc1)CC3. The van der Waals surface area contributed by atoms with Crippen molar-refractivity contribution in [1.29, 1.82) is 0 Å². The fraction of sp³-hybridized carbons (Fsp3) is 0.172. The molecule has 2 N–H and O–H groups in total. The van der Waals surface area contributed by atoms with E-state index in [0.29, 0.717) is 12.3 Å². The molecule has 6 rings (SSSR count). The van der Waals surface area contributed by atoms with Crippen molar-refractivity contribution in [2.75, 3.05) is 13.3 Å². The number of carbonyl (C=O) groups excluding carboxylic acids is 1. The minimum Gasteiger partial charge on any atom is -0.478 e. The van der Waals surface area contributed by atoms with E-state index in [1.807, 2.05) is 23.1 Å². The third-order valence-electron chi connectivity index (χ3n) is 6.77. The highest BCUT2D eigenvalue weighted by molar-refractivity contribution is 7.99. The van der Waals surface area contributed by atoms with Crippen molar-refractivity contribution in [1.82, 2.24) is 9.88 Å². The fourth-order valence-electron chi connectivity index (χ4n) is 4.85. The number of fused-ring (bicyclic) bond motifs is 4. The van der Waals surface area contributed by atoms with Gasteiger partial charge in [0.15, 0.2) is 11.5 Å². The van der Waals surface area contributed by atoms with Crippen LogP contribution in [0.3, 0.4) is 0 Å². The van der Waals surface area contributed by atoms with Gasteiger partial charge in [-0.25, -0.2) is 4.79 Å². The van der Waals surface area contributed by atoms with Crippen LogP contribution in [0.25, 0.3) is 17.0 Å². The zero-order valence-electron chi connectivity index (χ0n) is 20.1. The highest BCUT2D eigenvalue weighted by atomic mass is 32.2. The van der Waals surface area contributed by atoms with E-state index < -0.39 is 5.97 Å². The number of carboxylic acids is 1. The van der Waals surface area contributed by atoms with Crippen LogP contribution in [0.5, 0.6) is 11.5 Å². The van der Waals surface area contributed by atoms with Crippen molar-refractivity contribution >= 4 is 40.6 Å². The molecule has 0 saturated heterocycles. The molecule has 37 heavy (non-hydrogen) atoms. The highest BCUT2D eigenvalue weighted by Gasteiger charge is 2.34. The zero-order chi connectivity index (χ0) is 25.5. The monoisotopic (exact) mass is 512 g/mol. The second-order valence-electron chi connectivity index (χ2n) is 9.04. The number of hydrogen-bond donors (Lipinski definition) is 2. The zero-order valence-corrected chi connectivity index (χ0v) is 20.9. The minimum atomic E-state index is -0.979. The van der Waals surface area contributed by atoms with Crippen molar-refractivity contribution in [3.05, 3.63) is 94.7 Å². The number of hydrogen-bond acceptors (Lipinski definition) is 5. The fourth-order valence-corrected chi connectivity index (χ4v) is 6.09. The van der Waals surface area contributed by atoms with Crippen molar-refractivity contribution in [3.63, 3.8) is 0 Å². The number of carboxylic acid groups (broad SMARTS) is 1. The van der Waals surface area contributed by atoms with Crippen molar-refractivity contribution in [2.24, 2.45) is 0 Å². The molecule has 0 saturated carbocycles. The number of H-pyrrole nitrogens is 1. The third-order valence-corrected chi connectivity index (χ3v) is 8.01. The van der Waals surface area contributed by atoms with E-state index in [1.54, 1.807) is 36.0 Å². The Balaban J connectivity index is 1.34. The molecule has 1 atom stereocenters. The lowest BCUT2D eigenvalue weighted by atomic mass is 10.0. The maximum atomic E-state index is 13.5. The summed E-state index contributed by atoms with van der Waals surface area (Å²) in [7, 11) is 0. The molecule has 1 amide bonds. The van der Waals surface area contributed by atoms with Gasteiger partial charge in [0.25, 0.3) is 0 Å². The number of nitrogens with one attached hydrogen (secondary N) is 1. The van der Waals surface area contributed by atoms with E-state index >= 15 is 0 Å². The largest absolute Gasteiger partial charge is 0.478 e. The Hall–Kier alpha value is -4.17. The van der Waals surface area contributed by atoms with Gasteiger partial charge >= 0.3 is 5.97 Å². The third kappa shape index (κ3) is 4.34. The number of amides is 1. The topological polar surface area (TPSA) is 91.9 Å². The van der Waals surface area contributed by atoms with E-state index in [4.69, 9.17) is 14.6 Å². The normalized spacial score (nSPS) is 16.4. The summed E-state index contributed by atoms with van der Waals surface area (Å²) in [4.78, 5) is 31.1. The summed E-state index contributed by atoms with van der Waals surface area (Å²) < 4.78 is 11.0. The first-order valence-corrected chi connectivity index (χ1v) is 12.8. The van der Waals surface area contributed by atoms with Crippen LogP contribution in [0, 0.1) is 6.92 Å². The summed E-state index contributed by atoms with van der Waals surface area (Å²) in [6, 6.07) is 18.6. The minimum absolute atomic E-state index is 0.110. The Labute approximate surface area is 217 Å². The second-order valence-corrected chi connectivity index (χ2v) is 10.2. The Morgan fingerprint density at radius 1 is 1.08 bits per heavy atom. The van der Waals surface area contributed by atoms with Gasteiger partial charge in [0, 0.05) is 28.4 Å². The van der Waals surface area contributed by atoms with E-state index in [-0.39, 0.29) is 23.6 Å². The van der Waals surface area contributed by atoms with Crippen LogP contribution >= 0.6 is 11.8 Å². The molecule has 8 heteroatoms. The maximum absolute atomic E-state index is 13.5. The molecular formula is C29H24N2O5S. The van der Waals surface area contributed by atoms with Crippen molar-refractivity contribution in [2.45, 2.75) is 23.6 Å². The molecule has 4 aromatic rings. The predicted octanol–water partition coefficient (Wildman–Crippen LogP) is 5.79. The smallest absolute Gasteiger partial charge is 0.335 e. The Morgan fingerprint density at radius 2 is 1.89 bits per heavy atom. The van der Waals surface area contributed by atoms with E-state index in [0.717, 1.165) is 33.8 Å². The van der Waals surface area contributed by atoms with E-state index in [2.05, 4.69) is 30.1 Å². The lowest BCUT2D eigenvalue weighted by Gasteiger charge is -2.34. The molecule has 3 aromatic carbocycles. The molecule has 7 nitrogen and oxygen atoms in total. The van der Waals surface area contributed by atoms with Gasteiger partial charge in [0.05, 0.1) is 11.3 Å². The molecule has 186 valence electrons. The van der Waals surface area contributed by atoms with Gasteiger partial charge in [0.2, 0.25) is 12.7 Å². The number of thioether (sulfide) groups is 1. The first-order valence-electron chi connectivity index (χ1n) is 12.0. The standard InChI is InChI=1S/C29H24N2O5S/c1-17-3-2-4-21-22-13-14-31(25(32)12-7-18-5-8-19(9-6-18)29(33)34)28(27(22)30-26(17)21)37-20-10-11-23-24(15-20)36-16-35-23/h2-12,15,28,30H,13-14,16H2,1H3,(H,33,34)/b12-7+. The van der Waals surface area contributed by atoms with Gasteiger partial charge in [-0.05, 0) is 66.4 Å². The average Bonchev–Trinajstić information content (AvgIpc) is 3.53. The highest BCUT2D eigenvalue weighted by Crippen LogP contribution is 2.46. The van der Waals surface area contributed by atoms with Crippen LogP contribution < -0.4 is 9.47 Å². The Morgan fingerprint density at radius 3 is 2.70 bits per heavy atom. The first-order chi connectivity index (χ1) is 18.0. The molecule has 0 radical (unpaired) electrons. The van der Waals surface area contributed by atoms with Crippen LogP contribution in [0.15, 0.2) is 71.6 Å². The number of benzene rings is 3.